The first-order valence-electron chi connectivity index (χ1n) is 6.55. The maximum atomic E-state index is 12.3. The summed E-state index contributed by atoms with van der Waals surface area (Å²) in [6.07, 6.45) is -0.939. The molecule has 1 amide bonds. The predicted molar refractivity (Wildman–Crippen MR) is 76.7 cm³/mol. The van der Waals surface area contributed by atoms with Crippen LogP contribution >= 0.6 is 0 Å². The zero-order valence-electron chi connectivity index (χ0n) is 12.5. The Morgan fingerprint density at radius 2 is 1.86 bits per heavy atom. The van der Waals surface area contributed by atoms with Gasteiger partial charge in [0.25, 0.3) is 0 Å². The molecule has 7 heteroatoms. The number of carbonyl (C=O) groups is 1. The highest BCUT2D eigenvalue weighted by atomic mass is 32.2. The highest BCUT2D eigenvalue weighted by molar-refractivity contribution is 7.85. The topological polar surface area (TPSA) is 72.9 Å². The van der Waals surface area contributed by atoms with Gasteiger partial charge in [0.05, 0.1) is 6.61 Å². The van der Waals surface area contributed by atoms with E-state index in [-0.39, 0.29) is 6.61 Å². The summed E-state index contributed by atoms with van der Waals surface area (Å²) in [5.74, 6) is 0. The smallest absolute Gasteiger partial charge is 0.426 e. The number of hydrogen-bond donors (Lipinski definition) is 0. The van der Waals surface area contributed by atoms with Crippen LogP contribution in [-0.2, 0) is 24.8 Å². The molecule has 0 bridgehead atoms. The fourth-order valence-electron chi connectivity index (χ4n) is 2.14. The van der Waals surface area contributed by atoms with Crippen LogP contribution in [0.3, 0.4) is 0 Å². The molecule has 0 N–H and O–H groups in total. The monoisotopic (exact) mass is 313 g/mol. The lowest BCUT2D eigenvalue weighted by atomic mass is 9.93. The van der Waals surface area contributed by atoms with E-state index in [4.69, 9.17) is 8.92 Å². The van der Waals surface area contributed by atoms with Gasteiger partial charge >= 0.3 is 16.4 Å². The highest BCUT2D eigenvalue weighted by Gasteiger charge is 2.53. The van der Waals surface area contributed by atoms with Gasteiger partial charge in [-0.05, 0) is 33.3 Å². The van der Waals surface area contributed by atoms with E-state index >= 15 is 0 Å². The number of rotatable bonds is 1. The van der Waals surface area contributed by atoms with Crippen molar-refractivity contribution in [3.8, 4) is 0 Å². The van der Waals surface area contributed by atoms with Gasteiger partial charge in [0.15, 0.2) is 0 Å². The molecule has 1 saturated heterocycles. The molecule has 6 nitrogen and oxygen atoms in total. The van der Waals surface area contributed by atoms with Gasteiger partial charge in [0.2, 0.25) is 0 Å². The Morgan fingerprint density at radius 1 is 1.29 bits per heavy atom. The molecule has 0 aliphatic carbocycles. The molecular formula is C14H19NO5S. The summed E-state index contributed by atoms with van der Waals surface area (Å²) in [6.45, 7) is 6.52. The molecule has 1 aliphatic rings. The van der Waals surface area contributed by atoms with Crippen molar-refractivity contribution in [1.29, 1.82) is 0 Å². The third kappa shape index (κ3) is 3.03. The van der Waals surface area contributed by atoms with Gasteiger partial charge in [-0.25, -0.2) is 4.79 Å². The Morgan fingerprint density at radius 3 is 2.38 bits per heavy atom. The third-order valence-electron chi connectivity index (χ3n) is 3.12. The Bertz CT molecular complexity index is 635. The summed E-state index contributed by atoms with van der Waals surface area (Å²) in [5, 5.41) is 0. The maximum absolute atomic E-state index is 12.3. The lowest BCUT2D eigenvalue weighted by Gasteiger charge is -2.32. The van der Waals surface area contributed by atoms with E-state index in [1.807, 2.05) is 6.07 Å². The second kappa shape index (κ2) is 4.99. The maximum Gasteiger partial charge on any atom is 0.426 e. The van der Waals surface area contributed by atoms with Crippen LogP contribution in [0.15, 0.2) is 30.3 Å². The molecule has 0 aromatic heterocycles. The van der Waals surface area contributed by atoms with E-state index in [9.17, 15) is 13.2 Å². The van der Waals surface area contributed by atoms with Crippen LogP contribution in [0.5, 0.6) is 0 Å². The molecule has 1 aromatic rings. The predicted octanol–water partition coefficient (Wildman–Crippen LogP) is 2.41. The van der Waals surface area contributed by atoms with Crippen molar-refractivity contribution >= 4 is 16.4 Å². The van der Waals surface area contributed by atoms with Crippen LogP contribution in [0.2, 0.25) is 0 Å². The van der Waals surface area contributed by atoms with Crippen molar-refractivity contribution in [2.45, 2.75) is 38.8 Å². The van der Waals surface area contributed by atoms with Crippen molar-refractivity contribution in [2.24, 2.45) is 0 Å². The van der Waals surface area contributed by atoms with Crippen LogP contribution in [0.25, 0.3) is 0 Å². The number of amides is 1. The minimum Gasteiger partial charge on any atom is -0.443 e. The van der Waals surface area contributed by atoms with E-state index in [0.29, 0.717) is 9.87 Å². The average molecular weight is 313 g/mol. The fraction of sp³-hybridized carbons (Fsp3) is 0.500. The first-order valence-corrected chi connectivity index (χ1v) is 7.91. The number of benzene rings is 1. The SMILES string of the molecule is CC(C)(C)OC(=O)N1[C@](C)(c2ccccc2)COS1(=O)=O. The van der Waals surface area contributed by atoms with Crippen molar-refractivity contribution in [1.82, 2.24) is 4.31 Å². The van der Waals surface area contributed by atoms with Crippen LogP contribution in [0.4, 0.5) is 4.79 Å². The van der Waals surface area contributed by atoms with Gasteiger partial charge in [-0.3, -0.25) is 4.18 Å². The van der Waals surface area contributed by atoms with Crippen molar-refractivity contribution in [3.63, 3.8) is 0 Å². The van der Waals surface area contributed by atoms with Gasteiger partial charge < -0.3 is 4.74 Å². The molecule has 0 spiro atoms. The van der Waals surface area contributed by atoms with Crippen molar-refractivity contribution in [2.75, 3.05) is 6.61 Å². The molecule has 0 radical (unpaired) electrons. The van der Waals surface area contributed by atoms with Crippen LogP contribution < -0.4 is 0 Å². The van der Waals surface area contributed by atoms with E-state index in [1.165, 1.54) is 0 Å². The van der Waals surface area contributed by atoms with Crippen LogP contribution in [0, 0.1) is 0 Å². The lowest BCUT2D eigenvalue weighted by molar-refractivity contribution is 0.0266. The van der Waals surface area contributed by atoms with Gasteiger partial charge in [-0.2, -0.15) is 12.7 Å². The first kappa shape index (κ1) is 15.8. The Kier molecular flexibility index (Phi) is 3.75. The molecule has 1 atom stereocenters. The highest BCUT2D eigenvalue weighted by Crippen LogP contribution is 2.38. The fourth-order valence-corrected chi connectivity index (χ4v) is 3.50. The van der Waals surface area contributed by atoms with Crippen LogP contribution in [0.1, 0.15) is 33.3 Å². The summed E-state index contributed by atoms with van der Waals surface area (Å²) < 4.78 is 34.9. The number of hydrogen-bond acceptors (Lipinski definition) is 5. The molecule has 1 fully saturated rings. The Hall–Kier alpha value is -1.60. The summed E-state index contributed by atoms with van der Waals surface area (Å²) >= 11 is 0. The van der Waals surface area contributed by atoms with E-state index in [0.717, 1.165) is 0 Å². The summed E-state index contributed by atoms with van der Waals surface area (Å²) in [4.78, 5) is 12.3. The zero-order valence-corrected chi connectivity index (χ0v) is 13.3. The Balaban J connectivity index is 2.45. The first-order chi connectivity index (χ1) is 9.56. The Labute approximate surface area is 124 Å². The number of carbonyl (C=O) groups excluding carboxylic acids is 1. The van der Waals surface area contributed by atoms with Crippen molar-refractivity contribution < 1.29 is 22.1 Å². The second-order valence-corrected chi connectivity index (χ2v) is 7.56. The molecule has 1 heterocycles. The molecular weight excluding hydrogens is 294 g/mol. The molecule has 0 saturated carbocycles. The molecule has 21 heavy (non-hydrogen) atoms. The minimum atomic E-state index is -4.16. The summed E-state index contributed by atoms with van der Waals surface area (Å²) in [7, 11) is -4.16. The second-order valence-electron chi connectivity index (χ2n) is 6.10. The average Bonchev–Trinajstić information content (AvgIpc) is 2.60. The minimum absolute atomic E-state index is 0.140. The largest absolute Gasteiger partial charge is 0.443 e. The van der Waals surface area contributed by atoms with Crippen LogP contribution in [-0.4, -0.2) is 31.0 Å². The molecule has 116 valence electrons. The quantitative estimate of drug-likeness (QED) is 0.796. The summed E-state index contributed by atoms with van der Waals surface area (Å²) in [5.41, 5.74) is -1.26. The van der Waals surface area contributed by atoms with Gasteiger partial charge in [0.1, 0.15) is 11.1 Å². The van der Waals surface area contributed by atoms with E-state index in [1.54, 1.807) is 52.0 Å². The van der Waals surface area contributed by atoms with E-state index < -0.39 is 27.5 Å². The number of nitrogens with zero attached hydrogens (tertiary/aromatic N) is 1. The van der Waals surface area contributed by atoms with Gasteiger partial charge in [-0.15, -0.1) is 0 Å². The molecule has 0 unspecified atom stereocenters. The molecule has 1 aliphatic heterocycles. The number of ether oxygens (including phenoxy) is 1. The van der Waals surface area contributed by atoms with Gasteiger partial charge in [-0.1, -0.05) is 30.3 Å². The van der Waals surface area contributed by atoms with E-state index in [2.05, 4.69) is 0 Å². The lowest BCUT2D eigenvalue weighted by Crippen LogP contribution is -2.48. The third-order valence-corrected chi connectivity index (χ3v) is 4.53. The standard InChI is InChI=1S/C14H19NO5S/c1-13(2,3)20-12(16)15-14(4,10-19-21(15,17)18)11-8-6-5-7-9-11/h5-9H,10H2,1-4H3/t14-/m0/s1. The summed E-state index contributed by atoms with van der Waals surface area (Å²) in [6, 6.07) is 8.87. The zero-order chi connectivity index (χ0) is 15.9. The van der Waals surface area contributed by atoms with Crippen molar-refractivity contribution in [3.05, 3.63) is 35.9 Å². The van der Waals surface area contributed by atoms with Gasteiger partial charge in [0, 0.05) is 0 Å². The molecule has 1 aromatic carbocycles. The normalized spacial score (nSPS) is 24.9. The molecule has 2 rings (SSSR count).